The Morgan fingerprint density at radius 3 is 2.76 bits per heavy atom. The van der Waals surface area contributed by atoms with Gasteiger partial charge in [-0.2, -0.15) is 16.9 Å². The molecule has 1 aromatic heterocycles. The molecule has 1 aliphatic heterocycles. The highest BCUT2D eigenvalue weighted by atomic mass is 32.2. The summed E-state index contributed by atoms with van der Waals surface area (Å²) in [6, 6.07) is 7.93. The van der Waals surface area contributed by atoms with Crippen LogP contribution in [0.1, 0.15) is 0 Å². The first-order chi connectivity index (χ1) is 8.34. The van der Waals surface area contributed by atoms with Crippen molar-refractivity contribution in [1.29, 1.82) is 0 Å². The number of nitrogens with zero attached hydrogens (tertiary/aromatic N) is 1. The number of rotatable bonds is 3. The molecule has 88 valence electrons. The Labute approximate surface area is 104 Å². The van der Waals surface area contributed by atoms with Gasteiger partial charge >= 0.3 is 0 Å². The minimum Gasteiger partial charge on any atom is -0.488 e. The number of H-pyrrole nitrogens is 1. The number of hydrogen-bond acceptors (Lipinski definition) is 4. The van der Waals surface area contributed by atoms with Crippen LogP contribution >= 0.6 is 11.8 Å². The molecule has 17 heavy (non-hydrogen) atoms. The average molecular weight is 247 g/mol. The van der Waals surface area contributed by atoms with Crippen LogP contribution in [0.3, 0.4) is 0 Å². The first-order valence-electron chi connectivity index (χ1n) is 5.47. The number of thioether (sulfide) groups is 1. The molecular weight excluding hydrogens is 234 g/mol. The molecule has 3 N–H and O–H groups in total. The van der Waals surface area contributed by atoms with E-state index >= 15 is 0 Å². The highest BCUT2D eigenvalue weighted by Crippen LogP contribution is 2.34. The second-order valence-electron chi connectivity index (χ2n) is 3.97. The lowest BCUT2D eigenvalue weighted by Gasteiger charge is -2.26. The molecule has 3 rings (SSSR count). The maximum Gasteiger partial charge on any atom is 0.127 e. The van der Waals surface area contributed by atoms with Gasteiger partial charge in [0.1, 0.15) is 17.7 Å². The standard InChI is InChI=1S/C12H13N3OS/c13-12-10(5-14-15-12)9-3-1-2-4-11(9)16-8-6-17-7-8/h1-5,8H,6-7H2,(H3,13,14,15). The van der Waals surface area contributed by atoms with E-state index in [1.54, 1.807) is 6.20 Å². The second-order valence-corrected chi connectivity index (χ2v) is 5.05. The lowest BCUT2D eigenvalue weighted by Crippen LogP contribution is -2.31. The number of nitrogen functional groups attached to an aromatic ring is 1. The maximum atomic E-state index is 5.94. The number of ether oxygens (including phenoxy) is 1. The summed E-state index contributed by atoms with van der Waals surface area (Å²) in [5.41, 5.74) is 7.73. The van der Waals surface area contributed by atoms with Gasteiger partial charge in [-0.1, -0.05) is 18.2 Å². The van der Waals surface area contributed by atoms with Gasteiger partial charge < -0.3 is 10.5 Å². The zero-order valence-corrected chi connectivity index (χ0v) is 10.0. The number of aromatic nitrogens is 2. The van der Waals surface area contributed by atoms with E-state index in [9.17, 15) is 0 Å². The molecule has 4 nitrogen and oxygen atoms in total. The predicted octanol–water partition coefficient (Wildman–Crippen LogP) is 2.15. The molecule has 1 aliphatic rings. The number of benzene rings is 1. The number of para-hydroxylation sites is 1. The molecule has 2 aromatic rings. The maximum absolute atomic E-state index is 5.94. The smallest absolute Gasteiger partial charge is 0.127 e. The molecule has 0 atom stereocenters. The number of nitrogens with two attached hydrogens (primary N) is 1. The predicted molar refractivity (Wildman–Crippen MR) is 70.2 cm³/mol. The van der Waals surface area contributed by atoms with Crippen molar-refractivity contribution in [3.05, 3.63) is 30.5 Å². The van der Waals surface area contributed by atoms with Gasteiger partial charge in [-0.3, -0.25) is 5.10 Å². The first kappa shape index (κ1) is 10.5. The monoisotopic (exact) mass is 247 g/mol. The van der Waals surface area contributed by atoms with Crippen molar-refractivity contribution < 1.29 is 4.74 Å². The Kier molecular flexibility index (Phi) is 2.68. The first-order valence-corrected chi connectivity index (χ1v) is 6.62. The summed E-state index contributed by atoms with van der Waals surface area (Å²) in [7, 11) is 0. The summed E-state index contributed by atoms with van der Waals surface area (Å²) in [6.45, 7) is 0. The van der Waals surface area contributed by atoms with Crippen LogP contribution in [0.2, 0.25) is 0 Å². The fourth-order valence-electron chi connectivity index (χ4n) is 1.76. The normalized spacial score (nSPS) is 15.5. The molecule has 2 heterocycles. The van der Waals surface area contributed by atoms with Crippen molar-refractivity contribution in [2.45, 2.75) is 6.10 Å². The highest BCUT2D eigenvalue weighted by Gasteiger charge is 2.21. The largest absolute Gasteiger partial charge is 0.488 e. The molecule has 1 fully saturated rings. The Morgan fingerprint density at radius 1 is 1.29 bits per heavy atom. The fraction of sp³-hybridized carbons (Fsp3) is 0.250. The van der Waals surface area contributed by atoms with Gasteiger partial charge in [-0.15, -0.1) is 0 Å². The van der Waals surface area contributed by atoms with E-state index in [0.29, 0.717) is 11.9 Å². The van der Waals surface area contributed by atoms with Crippen LogP contribution < -0.4 is 10.5 Å². The molecule has 0 bridgehead atoms. The van der Waals surface area contributed by atoms with Crippen LogP contribution in [0.4, 0.5) is 5.82 Å². The zero-order valence-electron chi connectivity index (χ0n) is 9.22. The molecule has 0 saturated carbocycles. The average Bonchev–Trinajstić information content (AvgIpc) is 2.70. The third kappa shape index (κ3) is 1.98. The van der Waals surface area contributed by atoms with E-state index in [2.05, 4.69) is 10.2 Å². The van der Waals surface area contributed by atoms with Crippen LogP contribution in [0.5, 0.6) is 5.75 Å². The minimum atomic E-state index is 0.328. The number of aromatic amines is 1. The van der Waals surface area contributed by atoms with Crippen LogP contribution in [-0.2, 0) is 0 Å². The fourth-order valence-corrected chi connectivity index (χ4v) is 2.33. The van der Waals surface area contributed by atoms with Crippen molar-refractivity contribution in [2.75, 3.05) is 17.2 Å². The third-order valence-electron chi connectivity index (χ3n) is 2.75. The summed E-state index contributed by atoms with van der Waals surface area (Å²) < 4.78 is 5.94. The number of nitrogens with one attached hydrogen (secondary N) is 1. The van der Waals surface area contributed by atoms with Crippen molar-refractivity contribution in [3.63, 3.8) is 0 Å². The lowest BCUT2D eigenvalue weighted by atomic mass is 10.1. The van der Waals surface area contributed by atoms with Crippen molar-refractivity contribution >= 4 is 17.6 Å². The second kappa shape index (κ2) is 4.33. The summed E-state index contributed by atoms with van der Waals surface area (Å²) in [6.07, 6.45) is 2.06. The highest BCUT2D eigenvalue weighted by molar-refractivity contribution is 8.00. The van der Waals surface area contributed by atoms with E-state index in [4.69, 9.17) is 10.5 Å². The van der Waals surface area contributed by atoms with E-state index in [1.807, 2.05) is 36.0 Å². The zero-order chi connectivity index (χ0) is 11.7. The van der Waals surface area contributed by atoms with Crippen molar-refractivity contribution in [3.8, 4) is 16.9 Å². The number of hydrogen-bond donors (Lipinski definition) is 2. The van der Waals surface area contributed by atoms with E-state index in [0.717, 1.165) is 28.4 Å². The summed E-state index contributed by atoms with van der Waals surface area (Å²) in [5, 5.41) is 6.69. The Morgan fingerprint density at radius 2 is 2.12 bits per heavy atom. The van der Waals surface area contributed by atoms with Gasteiger partial charge in [0, 0.05) is 22.6 Å². The Hall–Kier alpha value is -1.62. The molecule has 0 aliphatic carbocycles. The van der Waals surface area contributed by atoms with Gasteiger partial charge in [-0.25, -0.2) is 0 Å². The van der Waals surface area contributed by atoms with Crippen molar-refractivity contribution in [2.24, 2.45) is 0 Å². The summed E-state index contributed by atoms with van der Waals surface area (Å²) in [4.78, 5) is 0. The molecule has 5 heteroatoms. The molecule has 0 radical (unpaired) electrons. The Bertz CT molecular complexity index is 522. The van der Waals surface area contributed by atoms with Crippen LogP contribution in [-0.4, -0.2) is 27.8 Å². The van der Waals surface area contributed by atoms with E-state index in [1.165, 1.54) is 0 Å². The minimum absolute atomic E-state index is 0.328. The lowest BCUT2D eigenvalue weighted by molar-refractivity contribution is 0.241. The summed E-state index contributed by atoms with van der Waals surface area (Å²) >= 11 is 1.90. The van der Waals surface area contributed by atoms with Gasteiger partial charge in [0.2, 0.25) is 0 Å². The number of anilines is 1. The van der Waals surface area contributed by atoms with Gasteiger partial charge in [0.15, 0.2) is 0 Å². The summed E-state index contributed by atoms with van der Waals surface area (Å²) in [5.74, 6) is 3.58. The quantitative estimate of drug-likeness (QED) is 0.872. The molecule has 1 saturated heterocycles. The van der Waals surface area contributed by atoms with E-state index in [-0.39, 0.29) is 0 Å². The molecule has 1 aromatic carbocycles. The molecule has 0 amide bonds. The molecule has 0 spiro atoms. The Balaban J connectivity index is 1.95. The van der Waals surface area contributed by atoms with Crippen LogP contribution in [0.25, 0.3) is 11.1 Å². The van der Waals surface area contributed by atoms with Crippen LogP contribution in [0.15, 0.2) is 30.5 Å². The van der Waals surface area contributed by atoms with E-state index < -0.39 is 0 Å². The molecular formula is C12H13N3OS. The molecule has 0 unspecified atom stereocenters. The van der Waals surface area contributed by atoms with Crippen molar-refractivity contribution in [1.82, 2.24) is 10.2 Å². The van der Waals surface area contributed by atoms with Gasteiger partial charge in [-0.05, 0) is 6.07 Å². The van der Waals surface area contributed by atoms with Crippen LogP contribution in [0, 0.1) is 0 Å². The van der Waals surface area contributed by atoms with Gasteiger partial charge in [0.25, 0.3) is 0 Å². The topological polar surface area (TPSA) is 63.9 Å². The SMILES string of the molecule is Nc1[nH]ncc1-c1ccccc1OC1CSC1. The third-order valence-corrected chi connectivity index (χ3v) is 3.96. The van der Waals surface area contributed by atoms with Gasteiger partial charge in [0.05, 0.1) is 6.20 Å².